The van der Waals surface area contributed by atoms with Crippen LogP contribution in [0.2, 0.25) is 5.02 Å². The lowest BCUT2D eigenvalue weighted by Gasteiger charge is -2.28. The molecule has 38 heavy (non-hydrogen) atoms. The molecule has 0 fully saturated rings. The molecule has 1 amide bonds. The highest BCUT2D eigenvalue weighted by molar-refractivity contribution is 6.36. The Labute approximate surface area is 223 Å². The van der Waals surface area contributed by atoms with Gasteiger partial charge in [-0.1, -0.05) is 17.7 Å². The van der Waals surface area contributed by atoms with Crippen LogP contribution in [-0.4, -0.2) is 52.8 Å². The fourth-order valence-electron chi connectivity index (χ4n) is 5.21. The highest BCUT2D eigenvalue weighted by Crippen LogP contribution is 2.42. The van der Waals surface area contributed by atoms with E-state index in [1.54, 1.807) is 19.2 Å². The number of nitrogens with zero attached hydrogens (tertiary/aromatic N) is 4. The minimum atomic E-state index is -1.12. The van der Waals surface area contributed by atoms with E-state index in [4.69, 9.17) is 16.3 Å². The summed E-state index contributed by atoms with van der Waals surface area (Å²) in [6.45, 7) is 4.04. The van der Waals surface area contributed by atoms with Gasteiger partial charge in [0.2, 0.25) is 5.88 Å². The topological polar surface area (TPSA) is 90.8 Å². The quantitative estimate of drug-likeness (QED) is 0.333. The van der Waals surface area contributed by atoms with Gasteiger partial charge in [-0.05, 0) is 66.7 Å². The molecule has 194 valence electrons. The van der Waals surface area contributed by atoms with Gasteiger partial charge in [-0.2, -0.15) is 0 Å². The molecular formula is C28H25ClFN5O3. The normalized spacial score (nSPS) is 15.1. The first kappa shape index (κ1) is 24.4. The van der Waals surface area contributed by atoms with Crippen molar-refractivity contribution < 1.29 is 19.0 Å². The smallest absolute Gasteiger partial charge is 0.412 e. The molecule has 0 saturated heterocycles. The molecule has 0 atom stereocenters. The maximum absolute atomic E-state index is 15.6. The van der Waals surface area contributed by atoms with E-state index in [0.717, 1.165) is 25.2 Å². The molecule has 0 saturated carbocycles. The van der Waals surface area contributed by atoms with E-state index in [1.165, 1.54) is 22.2 Å². The third kappa shape index (κ3) is 4.17. The average molecular weight is 534 g/mol. The maximum atomic E-state index is 15.6. The molecule has 8 nitrogen and oxygen atoms in total. The van der Waals surface area contributed by atoms with Crippen LogP contribution < -0.4 is 15.0 Å². The van der Waals surface area contributed by atoms with Gasteiger partial charge in [0.05, 0.1) is 11.6 Å². The largest absolute Gasteiger partial charge is 0.474 e. The van der Waals surface area contributed by atoms with E-state index in [-0.39, 0.29) is 29.6 Å². The number of anilines is 3. The standard InChI is InChI=1S/C28H25ClFN5O3/c1-15-21(12-32-27-26(15)35(28(36)37)7-8-38-27)20-10-18-11-23(31-13-22(18)24(29)25(20)30)33-19-4-3-17-14-34(2)6-5-16(17)9-19/h3-4,9-13H,5-8,14H2,1-2H3,(H,31,33)(H,36,37). The average Bonchev–Trinajstić information content (AvgIpc) is 2.91. The minimum absolute atomic E-state index is 0.0575. The summed E-state index contributed by atoms with van der Waals surface area (Å²) in [7, 11) is 2.12. The highest BCUT2D eigenvalue weighted by atomic mass is 35.5. The van der Waals surface area contributed by atoms with Gasteiger partial charge in [-0.25, -0.2) is 19.2 Å². The Morgan fingerprint density at radius 2 is 1.97 bits per heavy atom. The zero-order valence-corrected chi connectivity index (χ0v) is 21.6. The van der Waals surface area contributed by atoms with Crippen molar-refractivity contribution in [3.63, 3.8) is 0 Å². The number of halogens is 2. The molecule has 2 N–H and O–H groups in total. The van der Waals surface area contributed by atoms with Gasteiger partial charge in [0.25, 0.3) is 0 Å². The van der Waals surface area contributed by atoms with Gasteiger partial charge in [-0.15, -0.1) is 0 Å². The van der Waals surface area contributed by atoms with E-state index in [0.29, 0.717) is 33.4 Å². The summed E-state index contributed by atoms with van der Waals surface area (Å²) in [5.41, 5.74) is 5.08. The molecule has 0 aliphatic carbocycles. The number of pyridine rings is 2. The molecule has 4 heterocycles. The third-order valence-corrected chi connectivity index (χ3v) is 7.57. The van der Waals surface area contributed by atoms with E-state index in [1.807, 2.05) is 12.1 Å². The lowest BCUT2D eigenvalue weighted by Crippen LogP contribution is -2.37. The van der Waals surface area contributed by atoms with Crippen LogP contribution in [0.3, 0.4) is 0 Å². The van der Waals surface area contributed by atoms with Gasteiger partial charge in [0.15, 0.2) is 0 Å². The fraction of sp³-hybridized carbons (Fsp3) is 0.250. The van der Waals surface area contributed by atoms with Crippen molar-refractivity contribution in [2.75, 3.05) is 37.0 Å². The van der Waals surface area contributed by atoms with Gasteiger partial charge in [-0.3, -0.25) is 4.90 Å². The number of nitrogens with one attached hydrogen (secondary N) is 1. The number of carbonyl (C=O) groups is 1. The van der Waals surface area contributed by atoms with E-state index in [9.17, 15) is 9.90 Å². The van der Waals surface area contributed by atoms with E-state index in [2.05, 4.69) is 39.4 Å². The van der Waals surface area contributed by atoms with Crippen molar-refractivity contribution in [2.45, 2.75) is 19.9 Å². The second-order valence-corrected chi connectivity index (χ2v) is 10.1. The number of carboxylic acid groups (broad SMARTS) is 1. The lowest BCUT2D eigenvalue weighted by atomic mass is 9.97. The van der Waals surface area contributed by atoms with Crippen LogP contribution in [0.15, 0.2) is 42.7 Å². The van der Waals surface area contributed by atoms with Crippen molar-refractivity contribution >= 4 is 45.7 Å². The van der Waals surface area contributed by atoms with Gasteiger partial charge >= 0.3 is 6.09 Å². The zero-order valence-electron chi connectivity index (χ0n) is 20.9. The molecule has 0 bridgehead atoms. The number of benzene rings is 2. The first-order chi connectivity index (χ1) is 18.3. The molecule has 6 rings (SSSR count). The molecule has 0 spiro atoms. The molecule has 0 unspecified atom stereocenters. The monoisotopic (exact) mass is 533 g/mol. The summed E-state index contributed by atoms with van der Waals surface area (Å²) < 4.78 is 21.1. The zero-order chi connectivity index (χ0) is 26.6. The molecule has 2 aliphatic heterocycles. The van der Waals surface area contributed by atoms with Gasteiger partial charge in [0, 0.05) is 47.7 Å². The Morgan fingerprint density at radius 3 is 2.79 bits per heavy atom. The summed E-state index contributed by atoms with van der Waals surface area (Å²) in [5.74, 6) is 0.189. The van der Waals surface area contributed by atoms with Crippen molar-refractivity contribution in [1.29, 1.82) is 0 Å². The molecule has 10 heteroatoms. The van der Waals surface area contributed by atoms with Crippen molar-refractivity contribution in [3.05, 3.63) is 70.3 Å². The molecule has 0 radical (unpaired) electrons. The first-order valence-corrected chi connectivity index (χ1v) is 12.7. The van der Waals surface area contributed by atoms with E-state index < -0.39 is 11.9 Å². The van der Waals surface area contributed by atoms with Crippen LogP contribution in [0.25, 0.3) is 21.9 Å². The number of rotatable bonds is 3. The fourth-order valence-corrected chi connectivity index (χ4v) is 5.47. The van der Waals surface area contributed by atoms with Crippen LogP contribution in [0.1, 0.15) is 16.7 Å². The number of likely N-dealkylation sites (N-methyl/N-ethyl adjacent to an activating group) is 1. The number of amides is 1. The molecular weight excluding hydrogens is 509 g/mol. The number of ether oxygens (including phenoxy) is 1. The van der Waals surface area contributed by atoms with E-state index >= 15 is 4.39 Å². The summed E-state index contributed by atoms with van der Waals surface area (Å²) in [4.78, 5) is 24.1. The summed E-state index contributed by atoms with van der Waals surface area (Å²) in [5, 5.41) is 14.1. The third-order valence-electron chi connectivity index (χ3n) is 7.20. The van der Waals surface area contributed by atoms with Crippen molar-refractivity contribution in [1.82, 2.24) is 14.9 Å². The van der Waals surface area contributed by atoms with Gasteiger partial charge < -0.3 is 20.1 Å². The first-order valence-electron chi connectivity index (χ1n) is 12.3. The summed E-state index contributed by atoms with van der Waals surface area (Å²) in [6, 6.07) is 9.83. The van der Waals surface area contributed by atoms with Crippen LogP contribution in [0.5, 0.6) is 5.88 Å². The number of hydrogen-bond acceptors (Lipinski definition) is 6. The molecule has 2 aliphatic rings. The van der Waals surface area contributed by atoms with Crippen LogP contribution in [0, 0.1) is 12.7 Å². The molecule has 2 aromatic heterocycles. The van der Waals surface area contributed by atoms with Crippen LogP contribution in [0.4, 0.5) is 26.4 Å². The number of hydrogen-bond donors (Lipinski definition) is 2. The summed E-state index contributed by atoms with van der Waals surface area (Å²) in [6.07, 6.45) is 2.91. The maximum Gasteiger partial charge on any atom is 0.412 e. The second-order valence-electron chi connectivity index (χ2n) is 9.67. The Morgan fingerprint density at radius 1 is 1.13 bits per heavy atom. The van der Waals surface area contributed by atoms with Crippen LogP contribution >= 0.6 is 11.6 Å². The SMILES string of the molecule is Cc1c(-c2cc3cc(Nc4ccc5c(c4)CCN(C)C5)ncc3c(Cl)c2F)cnc2c1N(C(=O)O)CCO2. The summed E-state index contributed by atoms with van der Waals surface area (Å²) >= 11 is 6.47. The Kier molecular flexibility index (Phi) is 6.04. The Hall–Kier alpha value is -3.95. The Bertz CT molecular complexity index is 1610. The number of fused-ring (bicyclic) bond motifs is 3. The van der Waals surface area contributed by atoms with Crippen molar-refractivity contribution in [3.8, 4) is 17.0 Å². The predicted octanol–water partition coefficient (Wildman–Crippen LogP) is 6.01. The second kappa shape index (κ2) is 9.41. The highest BCUT2D eigenvalue weighted by Gasteiger charge is 2.29. The molecule has 4 aromatic rings. The molecule has 2 aromatic carbocycles. The Balaban J connectivity index is 1.40. The minimum Gasteiger partial charge on any atom is -0.474 e. The van der Waals surface area contributed by atoms with Gasteiger partial charge in [0.1, 0.15) is 23.9 Å². The lowest BCUT2D eigenvalue weighted by molar-refractivity contribution is 0.196. The number of aromatic nitrogens is 2. The van der Waals surface area contributed by atoms with Crippen molar-refractivity contribution in [2.24, 2.45) is 0 Å². The van der Waals surface area contributed by atoms with Crippen LogP contribution in [-0.2, 0) is 13.0 Å². The predicted molar refractivity (Wildman–Crippen MR) is 145 cm³/mol.